The normalized spacial score (nSPS) is 10.7. The van der Waals surface area contributed by atoms with Crippen LogP contribution in [0, 0.1) is 19.7 Å². The van der Waals surface area contributed by atoms with E-state index in [0.717, 1.165) is 22.6 Å². The molecule has 0 aliphatic carbocycles. The van der Waals surface area contributed by atoms with Crippen LogP contribution in [0.4, 0.5) is 10.1 Å². The Kier molecular flexibility index (Phi) is 5.76. The second-order valence-corrected chi connectivity index (χ2v) is 6.52. The molecule has 1 N–H and O–H groups in total. The monoisotopic (exact) mass is 388 g/mol. The lowest BCUT2D eigenvalue weighted by Gasteiger charge is -2.09. The standard InChI is InChI=1S/C20H18ClFN2O3/c1-12-17(13(2)27-24-12)11-26-16-6-3-14(4-7-16)9-20(25)23-19-10-15(21)5-8-18(19)22/h3-8,10H,9,11H2,1-2H3,(H,23,25). The van der Waals surface area contributed by atoms with Crippen molar-refractivity contribution in [2.24, 2.45) is 0 Å². The molecular formula is C20H18ClFN2O3. The summed E-state index contributed by atoms with van der Waals surface area (Å²) in [5.41, 5.74) is 2.56. The van der Waals surface area contributed by atoms with Gasteiger partial charge in [-0.3, -0.25) is 4.79 Å². The number of aryl methyl sites for hydroxylation is 2. The van der Waals surface area contributed by atoms with Crippen LogP contribution >= 0.6 is 11.6 Å². The smallest absolute Gasteiger partial charge is 0.228 e. The van der Waals surface area contributed by atoms with Gasteiger partial charge in [0.15, 0.2) is 0 Å². The molecule has 0 atom stereocenters. The van der Waals surface area contributed by atoms with Crippen molar-refractivity contribution >= 4 is 23.2 Å². The van der Waals surface area contributed by atoms with Gasteiger partial charge >= 0.3 is 0 Å². The van der Waals surface area contributed by atoms with E-state index in [2.05, 4.69) is 10.5 Å². The molecule has 0 fully saturated rings. The van der Waals surface area contributed by atoms with Crippen molar-refractivity contribution in [2.45, 2.75) is 26.9 Å². The molecular weight excluding hydrogens is 371 g/mol. The molecule has 0 aliphatic heterocycles. The summed E-state index contributed by atoms with van der Waals surface area (Å²) < 4.78 is 24.5. The Bertz CT molecular complexity index is 935. The van der Waals surface area contributed by atoms with Crippen LogP contribution in [0.3, 0.4) is 0 Å². The van der Waals surface area contributed by atoms with Crippen molar-refractivity contribution in [1.29, 1.82) is 0 Å². The fourth-order valence-electron chi connectivity index (χ4n) is 2.54. The van der Waals surface area contributed by atoms with Crippen molar-refractivity contribution in [3.63, 3.8) is 0 Å². The Labute approximate surface area is 161 Å². The van der Waals surface area contributed by atoms with Crippen LogP contribution in [-0.4, -0.2) is 11.1 Å². The van der Waals surface area contributed by atoms with Gasteiger partial charge in [0.2, 0.25) is 5.91 Å². The van der Waals surface area contributed by atoms with Gasteiger partial charge < -0.3 is 14.6 Å². The van der Waals surface area contributed by atoms with Gasteiger partial charge in [-0.2, -0.15) is 0 Å². The van der Waals surface area contributed by atoms with Crippen LogP contribution in [-0.2, 0) is 17.8 Å². The quantitative estimate of drug-likeness (QED) is 0.656. The zero-order valence-corrected chi connectivity index (χ0v) is 15.6. The van der Waals surface area contributed by atoms with Gasteiger partial charge in [-0.15, -0.1) is 0 Å². The highest BCUT2D eigenvalue weighted by Gasteiger charge is 2.11. The van der Waals surface area contributed by atoms with Gasteiger partial charge in [-0.25, -0.2) is 4.39 Å². The van der Waals surface area contributed by atoms with Crippen molar-refractivity contribution in [1.82, 2.24) is 5.16 Å². The van der Waals surface area contributed by atoms with Crippen LogP contribution in [0.2, 0.25) is 5.02 Å². The van der Waals surface area contributed by atoms with E-state index in [-0.39, 0.29) is 18.0 Å². The van der Waals surface area contributed by atoms with E-state index in [1.165, 1.54) is 18.2 Å². The summed E-state index contributed by atoms with van der Waals surface area (Å²) in [5.74, 6) is 0.533. The molecule has 7 heteroatoms. The van der Waals surface area contributed by atoms with Crippen molar-refractivity contribution in [3.8, 4) is 5.75 Å². The highest BCUT2D eigenvalue weighted by atomic mass is 35.5. The molecule has 0 aliphatic rings. The molecule has 0 saturated heterocycles. The molecule has 0 unspecified atom stereocenters. The zero-order chi connectivity index (χ0) is 19.4. The Hall–Kier alpha value is -2.86. The summed E-state index contributed by atoms with van der Waals surface area (Å²) in [7, 11) is 0. The maximum atomic E-state index is 13.7. The van der Waals surface area contributed by atoms with Gasteiger partial charge in [0.05, 0.1) is 23.4 Å². The number of nitrogens with one attached hydrogen (secondary N) is 1. The fourth-order valence-corrected chi connectivity index (χ4v) is 2.71. The number of anilines is 1. The maximum absolute atomic E-state index is 13.7. The van der Waals surface area contributed by atoms with Gasteiger partial charge in [0, 0.05) is 5.02 Å². The van der Waals surface area contributed by atoms with Crippen molar-refractivity contribution < 1.29 is 18.4 Å². The van der Waals surface area contributed by atoms with Crippen molar-refractivity contribution in [3.05, 3.63) is 75.9 Å². The number of nitrogens with zero attached hydrogens (tertiary/aromatic N) is 1. The molecule has 0 bridgehead atoms. The van der Waals surface area contributed by atoms with E-state index in [1.807, 2.05) is 13.8 Å². The van der Waals surface area contributed by atoms with E-state index in [1.54, 1.807) is 24.3 Å². The predicted molar refractivity (Wildman–Crippen MR) is 100 cm³/mol. The first-order chi connectivity index (χ1) is 12.9. The molecule has 0 radical (unpaired) electrons. The molecule has 0 saturated carbocycles. The number of hydrogen-bond donors (Lipinski definition) is 1. The fraction of sp³-hybridized carbons (Fsp3) is 0.200. The minimum atomic E-state index is -0.532. The predicted octanol–water partition coefficient (Wildman–Crippen LogP) is 4.84. The first-order valence-electron chi connectivity index (χ1n) is 8.31. The third-order valence-electron chi connectivity index (χ3n) is 4.05. The van der Waals surface area contributed by atoms with E-state index in [4.69, 9.17) is 20.9 Å². The highest BCUT2D eigenvalue weighted by molar-refractivity contribution is 6.30. The van der Waals surface area contributed by atoms with Gasteiger partial charge in [-0.05, 0) is 49.7 Å². The first-order valence-corrected chi connectivity index (χ1v) is 8.68. The second kappa shape index (κ2) is 8.22. The van der Waals surface area contributed by atoms with E-state index >= 15 is 0 Å². The highest BCUT2D eigenvalue weighted by Crippen LogP contribution is 2.21. The summed E-state index contributed by atoms with van der Waals surface area (Å²) in [6.45, 7) is 4.05. The van der Waals surface area contributed by atoms with E-state index in [9.17, 15) is 9.18 Å². The molecule has 2 aromatic carbocycles. The number of halogens is 2. The first kappa shape index (κ1) is 18.9. The maximum Gasteiger partial charge on any atom is 0.228 e. The Morgan fingerprint density at radius 1 is 1.22 bits per heavy atom. The topological polar surface area (TPSA) is 64.4 Å². The molecule has 5 nitrogen and oxygen atoms in total. The lowest BCUT2D eigenvalue weighted by molar-refractivity contribution is -0.115. The average molecular weight is 389 g/mol. The number of hydrogen-bond acceptors (Lipinski definition) is 4. The minimum Gasteiger partial charge on any atom is -0.489 e. The number of carbonyl (C=O) groups excluding carboxylic acids is 1. The van der Waals surface area contributed by atoms with E-state index < -0.39 is 5.82 Å². The zero-order valence-electron chi connectivity index (χ0n) is 14.9. The van der Waals surface area contributed by atoms with Crippen LogP contribution in [0.1, 0.15) is 22.6 Å². The summed E-state index contributed by atoms with van der Waals surface area (Å²) in [4.78, 5) is 12.1. The summed E-state index contributed by atoms with van der Waals surface area (Å²) in [5, 5.41) is 6.76. The third kappa shape index (κ3) is 4.86. The Balaban J connectivity index is 1.57. The van der Waals surface area contributed by atoms with Crippen LogP contribution in [0.5, 0.6) is 5.75 Å². The summed E-state index contributed by atoms with van der Waals surface area (Å²) >= 11 is 5.82. The van der Waals surface area contributed by atoms with Crippen LogP contribution in [0.15, 0.2) is 47.0 Å². The molecule has 1 amide bonds. The third-order valence-corrected chi connectivity index (χ3v) is 4.29. The lowest BCUT2D eigenvalue weighted by Crippen LogP contribution is -2.15. The minimum absolute atomic E-state index is 0.0620. The molecule has 0 spiro atoms. The molecule has 140 valence electrons. The number of benzene rings is 2. The molecule has 3 rings (SSSR count). The Morgan fingerprint density at radius 3 is 2.63 bits per heavy atom. The average Bonchev–Trinajstić information content (AvgIpc) is 2.95. The van der Waals surface area contributed by atoms with E-state index in [0.29, 0.717) is 17.4 Å². The number of aromatic nitrogens is 1. The lowest BCUT2D eigenvalue weighted by atomic mass is 10.1. The number of amides is 1. The summed E-state index contributed by atoms with van der Waals surface area (Å²) in [6, 6.07) is 11.1. The number of ether oxygens (including phenoxy) is 1. The van der Waals surface area contributed by atoms with Crippen molar-refractivity contribution in [2.75, 3.05) is 5.32 Å². The van der Waals surface area contributed by atoms with Gasteiger partial charge in [0.25, 0.3) is 0 Å². The number of rotatable bonds is 6. The largest absolute Gasteiger partial charge is 0.489 e. The number of carbonyl (C=O) groups is 1. The molecule has 1 aromatic heterocycles. The van der Waals surface area contributed by atoms with Gasteiger partial charge in [-0.1, -0.05) is 28.9 Å². The van der Waals surface area contributed by atoms with Crippen LogP contribution in [0.25, 0.3) is 0 Å². The SMILES string of the molecule is Cc1noc(C)c1COc1ccc(CC(=O)Nc2cc(Cl)ccc2F)cc1. The summed E-state index contributed by atoms with van der Waals surface area (Å²) in [6.07, 6.45) is 0.107. The molecule has 27 heavy (non-hydrogen) atoms. The second-order valence-electron chi connectivity index (χ2n) is 6.08. The molecule has 3 aromatic rings. The molecule has 1 heterocycles. The van der Waals surface area contributed by atoms with Crippen LogP contribution < -0.4 is 10.1 Å². The van der Waals surface area contributed by atoms with Gasteiger partial charge in [0.1, 0.15) is 23.9 Å². The Morgan fingerprint density at radius 2 is 1.96 bits per heavy atom.